The topological polar surface area (TPSA) is 41.6 Å². The minimum atomic E-state index is -0.0129. The molecule has 0 aliphatic carbocycles. The van der Waals surface area contributed by atoms with Crippen molar-refractivity contribution in [2.45, 2.75) is 31.8 Å². The van der Waals surface area contributed by atoms with Crippen molar-refractivity contribution < 1.29 is 9.53 Å². The van der Waals surface area contributed by atoms with Gasteiger partial charge in [-0.2, -0.15) is 0 Å². The molecule has 4 heteroatoms. The summed E-state index contributed by atoms with van der Waals surface area (Å²) in [6.45, 7) is 2.03. The Bertz CT molecular complexity index is 505. The highest BCUT2D eigenvalue weighted by Gasteiger charge is 2.27. The third-order valence-corrected chi connectivity index (χ3v) is 3.79. The zero-order chi connectivity index (χ0) is 15.1. The lowest BCUT2D eigenvalue weighted by atomic mass is 10.0. The number of piperidine rings is 1. The quantitative estimate of drug-likeness (QED) is 0.839. The molecule has 1 unspecified atom stereocenters. The number of nitrogens with one attached hydrogen (secondary N) is 1. The first-order chi connectivity index (χ1) is 10.2. The van der Waals surface area contributed by atoms with Crippen LogP contribution in [0.3, 0.4) is 0 Å². The zero-order valence-electron chi connectivity index (χ0n) is 12.5. The van der Waals surface area contributed by atoms with Gasteiger partial charge in [0.2, 0.25) is 5.91 Å². The zero-order valence-corrected chi connectivity index (χ0v) is 12.5. The summed E-state index contributed by atoms with van der Waals surface area (Å²) in [6.07, 6.45) is 8.37. The first-order valence-corrected chi connectivity index (χ1v) is 7.35. The summed E-state index contributed by atoms with van der Waals surface area (Å²) in [6, 6.07) is 7.89. The minimum absolute atomic E-state index is 0.0129. The van der Waals surface area contributed by atoms with Gasteiger partial charge >= 0.3 is 0 Å². The van der Waals surface area contributed by atoms with Crippen molar-refractivity contribution in [1.82, 2.24) is 10.2 Å². The Morgan fingerprint density at radius 2 is 2.19 bits per heavy atom. The lowest BCUT2D eigenvalue weighted by Crippen LogP contribution is -2.48. The number of hydrogen-bond donors (Lipinski definition) is 1. The van der Waals surface area contributed by atoms with Crippen LogP contribution in [0.5, 0.6) is 5.75 Å². The molecule has 0 saturated carbocycles. The Kier molecular flexibility index (Phi) is 5.65. The van der Waals surface area contributed by atoms with Crippen molar-refractivity contribution in [3.05, 3.63) is 29.8 Å². The van der Waals surface area contributed by atoms with Crippen molar-refractivity contribution in [3.8, 4) is 18.1 Å². The largest absolute Gasteiger partial charge is 0.481 e. The second-order valence-corrected chi connectivity index (χ2v) is 5.23. The first kappa shape index (κ1) is 15.4. The normalized spacial score (nSPS) is 18.8. The van der Waals surface area contributed by atoms with E-state index < -0.39 is 0 Å². The summed E-state index contributed by atoms with van der Waals surface area (Å²) in [7, 11) is 1.70. The second-order valence-electron chi connectivity index (χ2n) is 5.23. The average Bonchev–Trinajstić information content (AvgIpc) is 2.54. The van der Waals surface area contributed by atoms with Gasteiger partial charge in [-0.3, -0.25) is 9.69 Å². The molecule has 1 fully saturated rings. The van der Waals surface area contributed by atoms with Crippen LogP contribution in [-0.2, 0) is 11.3 Å². The number of ether oxygens (including phenoxy) is 1. The van der Waals surface area contributed by atoms with E-state index in [1.54, 1.807) is 7.05 Å². The molecule has 21 heavy (non-hydrogen) atoms. The molecule has 1 saturated heterocycles. The maximum absolute atomic E-state index is 11.9. The van der Waals surface area contributed by atoms with Crippen LogP contribution in [0, 0.1) is 12.3 Å². The lowest BCUT2D eigenvalue weighted by molar-refractivity contribution is -0.127. The van der Waals surface area contributed by atoms with Gasteiger partial charge in [0.1, 0.15) is 12.4 Å². The monoisotopic (exact) mass is 286 g/mol. The van der Waals surface area contributed by atoms with Crippen LogP contribution < -0.4 is 10.1 Å². The molecule has 0 bridgehead atoms. The van der Waals surface area contributed by atoms with E-state index in [2.05, 4.69) is 16.1 Å². The molecule has 1 aliphatic rings. The van der Waals surface area contributed by atoms with E-state index in [9.17, 15) is 4.79 Å². The average molecular weight is 286 g/mol. The molecule has 0 aromatic heterocycles. The maximum atomic E-state index is 11.9. The number of benzene rings is 1. The van der Waals surface area contributed by atoms with Crippen LogP contribution in [-0.4, -0.2) is 37.0 Å². The van der Waals surface area contributed by atoms with Gasteiger partial charge in [-0.05, 0) is 37.1 Å². The van der Waals surface area contributed by atoms with E-state index in [0.29, 0.717) is 0 Å². The fourth-order valence-electron chi connectivity index (χ4n) is 2.69. The van der Waals surface area contributed by atoms with Crippen molar-refractivity contribution in [2.75, 3.05) is 20.2 Å². The second kappa shape index (κ2) is 7.70. The summed E-state index contributed by atoms with van der Waals surface area (Å²) in [4.78, 5) is 14.2. The molecule has 1 N–H and O–H groups in total. The van der Waals surface area contributed by atoms with Gasteiger partial charge in [0.05, 0.1) is 6.04 Å². The van der Waals surface area contributed by atoms with Crippen molar-refractivity contribution >= 4 is 5.91 Å². The molecule has 1 amide bonds. The van der Waals surface area contributed by atoms with Gasteiger partial charge < -0.3 is 10.1 Å². The van der Waals surface area contributed by atoms with Crippen LogP contribution in [0.25, 0.3) is 0 Å². The predicted octanol–water partition coefficient (Wildman–Crippen LogP) is 1.80. The van der Waals surface area contributed by atoms with E-state index in [1.165, 1.54) is 5.56 Å². The molecule has 1 aromatic carbocycles. The van der Waals surface area contributed by atoms with Crippen LogP contribution in [0.15, 0.2) is 24.3 Å². The number of nitrogens with zero attached hydrogens (tertiary/aromatic N) is 1. The van der Waals surface area contributed by atoms with Crippen LogP contribution in [0.4, 0.5) is 0 Å². The molecule has 0 spiro atoms. The Balaban J connectivity index is 1.98. The molecule has 2 rings (SSSR count). The van der Waals surface area contributed by atoms with Gasteiger partial charge in [-0.15, -0.1) is 6.42 Å². The van der Waals surface area contributed by atoms with Crippen molar-refractivity contribution in [3.63, 3.8) is 0 Å². The molecular weight excluding hydrogens is 264 g/mol. The van der Waals surface area contributed by atoms with E-state index in [1.807, 2.05) is 24.3 Å². The number of hydrogen-bond acceptors (Lipinski definition) is 3. The highest BCUT2D eigenvalue weighted by Crippen LogP contribution is 2.21. The Hall–Kier alpha value is -1.99. The van der Waals surface area contributed by atoms with Crippen molar-refractivity contribution in [1.29, 1.82) is 0 Å². The maximum Gasteiger partial charge on any atom is 0.237 e. The summed E-state index contributed by atoms with van der Waals surface area (Å²) in [5.41, 5.74) is 1.18. The number of carbonyl (C=O) groups excluding carboxylic acids is 1. The third kappa shape index (κ3) is 4.24. The summed E-state index contributed by atoms with van der Waals surface area (Å²) in [5.74, 6) is 3.34. The summed E-state index contributed by atoms with van der Waals surface area (Å²) < 4.78 is 5.36. The van der Waals surface area contributed by atoms with Crippen LogP contribution in [0.2, 0.25) is 0 Å². The lowest BCUT2D eigenvalue weighted by Gasteiger charge is -2.34. The summed E-state index contributed by atoms with van der Waals surface area (Å²) >= 11 is 0. The fraction of sp³-hybridized carbons (Fsp3) is 0.471. The Morgan fingerprint density at radius 1 is 1.43 bits per heavy atom. The number of rotatable bonds is 5. The van der Waals surface area contributed by atoms with Gasteiger partial charge in [0.15, 0.2) is 0 Å². The fourth-order valence-corrected chi connectivity index (χ4v) is 2.69. The standard InChI is InChI=1S/C17H22N2O2/c1-3-12-21-15-9-7-14(8-10-15)13-19-11-5-4-6-16(19)17(20)18-2/h1,7-10,16H,4-6,11-13H2,2H3,(H,18,20). The molecule has 4 nitrogen and oxygen atoms in total. The predicted molar refractivity (Wildman–Crippen MR) is 82.9 cm³/mol. The van der Waals surface area contributed by atoms with Crippen molar-refractivity contribution in [2.24, 2.45) is 0 Å². The SMILES string of the molecule is C#CCOc1ccc(CN2CCCCC2C(=O)NC)cc1. The van der Waals surface area contributed by atoms with E-state index in [4.69, 9.17) is 11.2 Å². The van der Waals surface area contributed by atoms with Gasteiger partial charge in [0, 0.05) is 13.6 Å². The van der Waals surface area contributed by atoms with Gasteiger partial charge in [-0.1, -0.05) is 24.5 Å². The van der Waals surface area contributed by atoms with Gasteiger partial charge in [-0.25, -0.2) is 0 Å². The highest BCUT2D eigenvalue weighted by atomic mass is 16.5. The smallest absolute Gasteiger partial charge is 0.237 e. The number of amides is 1. The molecule has 1 atom stereocenters. The number of likely N-dealkylation sites (tertiary alicyclic amines) is 1. The number of terminal acetylenes is 1. The third-order valence-electron chi connectivity index (χ3n) is 3.79. The molecule has 112 valence electrons. The summed E-state index contributed by atoms with van der Waals surface area (Å²) in [5, 5.41) is 2.76. The molecule has 1 heterocycles. The van der Waals surface area contributed by atoms with Crippen LogP contribution >= 0.6 is 0 Å². The Labute approximate surface area is 126 Å². The number of likely N-dealkylation sites (N-methyl/N-ethyl adjacent to an activating group) is 1. The van der Waals surface area contributed by atoms with E-state index in [0.717, 1.165) is 38.1 Å². The molecular formula is C17H22N2O2. The number of carbonyl (C=O) groups is 1. The van der Waals surface area contributed by atoms with E-state index in [-0.39, 0.29) is 18.6 Å². The first-order valence-electron chi connectivity index (χ1n) is 7.35. The van der Waals surface area contributed by atoms with Gasteiger partial charge in [0.25, 0.3) is 0 Å². The molecule has 0 radical (unpaired) electrons. The highest BCUT2D eigenvalue weighted by molar-refractivity contribution is 5.81. The van der Waals surface area contributed by atoms with Crippen LogP contribution in [0.1, 0.15) is 24.8 Å². The molecule has 1 aromatic rings. The molecule has 1 aliphatic heterocycles. The van der Waals surface area contributed by atoms with E-state index >= 15 is 0 Å². The minimum Gasteiger partial charge on any atom is -0.481 e. The Morgan fingerprint density at radius 3 is 2.86 bits per heavy atom.